The molecule has 0 radical (unpaired) electrons. The summed E-state index contributed by atoms with van der Waals surface area (Å²) in [6, 6.07) is 9.66. The van der Waals surface area contributed by atoms with Gasteiger partial charge in [0.1, 0.15) is 36.4 Å². The van der Waals surface area contributed by atoms with Crippen molar-refractivity contribution >= 4 is 22.4 Å². The van der Waals surface area contributed by atoms with Gasteiger partial charge in [0.05, 0.1) is 23.7 Å². The van der Waals surface area contributed by atoms with Crippen molar-refractivity contribution in [1.29, 1.82) is 0 Å². The van der Waals surface area contributed by atoms with Gasteiger partial charge in [0, 0.05) is 30.8 Å². The van der Waals surface area contributed by atoms with E-state index in [-0.39, 0.29) is 6.10 Å². The predicted molar refractivity (Wildman–Crippen MR) is 112 cm³/mol. The lowest BCUT2D eigenvalue weighted by molar-refractivity contribution is -0.194. The molecule has 2 aliphatic heterocycles. The van der Waals surface area contributed by atoms with Crippen molar-refractivity contribution in [3.63, 3.8) is 0 Å². The van der Waals surface area contributed by atoms with E-state index in [2.05, 4.69) is 27.2 Å². The molecule has 1 aromatic heterocycles. The number of fused-ring (bicyclic) bond motifs is 2. The fourth-order valence-corrected chi connectivity index (χ4v) is 3.89. The maximum atomic E-state index is 6.45. The van der Waals surface area contributed by atoms with E-state index in [0.29, 0.717) is 29.7 Å². The van der Waals surface area contributed by atoms with Gasteiger partial charge in [0.2, 0.25) is 0 Å². The van der Waals surface area contributed by atoms with Crippen LogP contribution in [-0.2, 0) is 11.5 Å². The van der Waals surface area contributed by atoms with Crippen LogP contribution in [0.4, 0.5) is 11.5 Å². The molecule has 156 valence electrons. The van der Waals surface area contributed by atoms with Crippen LogP contribution in [0.25, 0.3) is 10.9 Å². The summed E-state index contributed by atoms with van der Waals surface area (Å²) in [6.45, 7) is 2.46. The van der Waals surface area contributed by atoms with E-state index in [1.54, 1.807) is 7.11 Å². The molecule has 0 bridgehead atoms. The molecule has 1 fully saturated rings. The number of nitrogens with zero attached hydrogens (tertiary/aromatic N) is 3. The second-order valence-electron chi connectivity index (χ2n) is 7.63. The zero-order chi connectivity index (χ0) is 20.5. The Labute approximate surface area is 174 Å². The molecule has 1 N–H and O–H groups in total. The lowest BCUT2D eigenvalue weighted by Crippen LogP contribution is -2.35. The smallest absolute Gasteiger partial charge is 0.194 e. The summed E-state index contributed by atoms with van der Waals surface area (Å²) in [4.78, 5) is 21.7. The Morgan fingerprint density at radius 2 is 2.03 bits per heavy atom. The first-order valence-electron chi connectivity index (χ1n) is 10.1. The number of methoxy groups -OCH3 is 1. The van der Waals surface area contributed by atoms with Crippen molar-refractivity contribution < 1.29 is 19.2 Å². The lowest BCUT2D eigenvalue weighted by atomic mass is 10.1. The zero-order valence-electron chi connectivity index (χ0n) is 17.1. The van der Waals surface area contributed by atoms with Crippen molar-refractivity contribution in [2.75, 3.05) is 32.6 Å². The maximum absolute atomic E-state index is 6.45. The fraction of sp³-hybridized carbons (Fsp3) is 0.364. The third-order valence-corrected chi connectivity index (χ3v) is 5.58. The second kappa shape index (κ2) is 7.97. The summed E-state index contributed by atoms with van der Waals surface area (Å²) in [5.41, 5.74) is 2.52. The van der Waals surface area contributed by atoms with Crippen LogP contribution in [0.2, 0.25) is 0 Å². The van der Waals surface area contributed by atoms with Crippen LogP contribution < -0.4 is 19.7 Å². The average molecular weight is 408 g/mol. The number of likely N-dealkylation sites (tertiary alicyclic amines) is 1. The largest absolute Gasteiger partial charge is 0.497 e. The van der Waals surface area contributed by atoms with Crippen LogP contribution in [-0.4, -0.2) is 48.2 Å². The molecule has 0 unspecified atom stereocenters. The fourth-order valence-electron chi connectivity index (χ4n) is 3.89. The number of nitrogens with one attached hydrogen (secondary N) is 1. The molecule has 8 heteroatoms. The number of ether oxygens (including phenoxy) is 2. The quantitative estimate of drug-likeness (QED) is 0.641. The summed E-state index contributed by atoms with van der Waals surface area (Å²) in [6.07, 6.45) is 3.62. The number of para-hydroxylation sites is 1. The third-order valence-electron chi connectivity index (χ3n) is 5.58. The molecule has 0 amide bonds. The molecular formula is C22H24N4O4. The number of piperidine rings is 1. The Kier molecular flexibility index (Phi) is 5.02. The molecule has 3 aromatic rings. The van der Waals surface area contributed by atoms with Gasteiger partial charge in [-0.25, -0.2) is 9.97 Å². The van der Waals surface area contributed by atoms with Crippen molar-refractivity contribution in [1.82, 2.24) is 14.9 Å². The normalized spacial score (nSPS) is 16.9. The van der Waals surface area contributed by atoms with E-state index >= 15 is 0 Å². The highest BCUT2D eigenvalue weighted by Gasteiger charge is 2.23. The average Bonchev–Trinajstić information content (AvgIpc) is 3.25. The van der Waals surface area contributed by atoms with E-state index < -0.39 is 0 Å². The van der Waals surface area contributed by atoms with E-state index in [0.717, 1.165) is 48.1 Å². The molecule has 3 heterocycles. The first-order valence-corrected chi connectivity index (χ1v) is 10.1. The Morgan fingerprint density at radius 3 is 2.87 bits per heavy atom. The van der Waals surface area contributed by atoms with Gasteiger partial charge in [0.25, 0.3) is 0 Å². The van der Waals surface area contributed by atoms with Gasteiger partial charge in [-0.3, -0.25) is 0 Å². The second-order valence-corrected chi connectivity index (χ2v) is 7.63. The minimum atomic E-state index is 0.141. The Morgan fingerprint density at radius 1 is 1.17 bits per heavy atom. The summed E-state index contributed by atoms with van der Waals surface area (Å²) < 4.78 is 11.9. The van der Waals surface area contributed by atoms with E-state index in [4.69, 9.17) is 19.2 Å². The highest BCUT2D eigenvalue weighted by Crippen LogP contribution is 2.40. The maximum Gasteiger partial charge on any atom is 0.194 e. The number of anilines is 2. The van der Waals surface area contributed by atoms with Crippen molar-refractivity contribution in [3.05, 3.63) is 42.2 Å². The highest BCUT2D eigenvalue weighted by molar-refractivity contribution is 5.97. The van der Waals surface area contributed by atoms with Gasteiger partial charge >= 0.3 is 0 Å². The predicted octanol–water partition coefficient (Wildman–Crippen LogP) is 3.68. The third kappa shape index (κ3) is 3.59. The molecule has 30 heavy (non-hydrogen) atoms. The minimum absolute atomic E-state index is 0.141. The van der Waals surface area contributed by atoms with E-state index in [1.165, 1.54) is 6.33 Å². The molecular weight excluding hydrogens is 384 g/mol. The molecule has 0 saturated carbocycles. The molecule has 8 nitrogen and oxygen atoms in total. The van der Waals surface area contributed by atoms with Gasteiger partial charge in [-0.05, 0) is 26.0 Å². The van der Waals surface area contributed by atoms with Crippen LogP contribution in [0.3, 0.4) is 0 Å². The molecule has 2 aromatic carbocycles. The van der Waals surface area contributed by atoms with Crippen molar-refractivity contribution in [2.24, 2.45) is 0 Å². The topological polar surface area (TPSA) is 78.0 Å². The molecule has 0 spiro atoms. The standard InChI is InChI=1S/C22H24N4O4/c1-26-8-6-15(7-9-26)29-19-11-16(27-2)10-18-20(19)22(24-13-23-18)25-17-5-3-4-14-12-28-30-21(14)17/h3-5,10-11,13,15H,6-9,12H2,1-2H3,(H,23,24,25). The summed E-state index contributed by atoms with van der Waals surface area (Å²) in [5, 5.41) is 4.20. The first-order chi connectivity index (χ1) is 14.7. The van der Waals surface area contributed by atoms with E-state index in [1.807, 2.05) is 30.3 Å². The number of benzene rings is 2. The zero-order valence-corrected chi connectivity index (χ0v) is 17.1. The van der Waals surface area contributed by atoms with Gasteiger partial charge in [-0.15, -0.1) is 0 Å². The van der Waals surface area contributed by atoms with Crippen LogP contribution in [0.1, 0.15) is 18.4 Å². The van der Waals surface area contributed by atoms with Crippen LogP contribution in [0, 0.1) is 0 Å². The number of rotatable bonds is 5. The Hall–Kier alpha value is -3.10. The van der Waals surface area contributed by atoms with Gasteiger partial charge < -0.3 is 24.6 Å². The summed E-state index contributed by atoms with van der Waals surface area (Å²) >= 11 is 0. The Balaban J connectivity index is 1.55. The monoisotopic (exact) mass is 408 g/mol. The van der Waals surface area contributed by atoms with Gasteiger partial charge in [0.15, 0.2) is 5.75 Å². The van der Waals surface area contributed by atoms with Crippen molar-refractivity contribution in [3.8, 4) is 17.2 Å². The molecule has 5 rings (SSSR count). The molecule has 1 saturated heterocycles. The molecule has 2 aliphatic rings. The number of hydrogen-bond donors (Lipinski definition) is 1. The SMILES string of the molecule is COc1cc(OC2CCN(C)CC2)c2c(Nc3cccc4c3OOC4)ncnc2c1. The van der Waals surface area contributed by atoms with Crippen LogP contribution in [0.15, 0.2) is 36.7 Å². The van der Waals surface area contributed by atoms with E-state index in [9.17, 15) is 0 Å². The molecule has 0 atom stereocenters. The van der Waals surface area contributed by atoms with Crippen LogP contribution >= 0.6 is 0 Å². The number of hydrogen-bond acceptors (Lipinski definition) is 8. The first kappa shape index (κ1) is 18.9. The minimum Gasteiger partial charge on any atom is -0.497 e. The van der Waals surface area contributed by atoms with Gasteiger partial charge in [-0.2, -0.15) is 4.89 Å². The number of aromatic nitrogens is 2. The Bertz CT molecular complexity index is 1070. The highest BCUT2D eigenvalue weighted by atomic mass is 17.2. The summed E-state index contributed by atoms with van der Waals surface area (Å²) in [5.74, 6) is 2.74. The molecule has 0 aliphatic carbocycles. The lowest BCUT2D eigenvalue weighted by Gasteiger charge is -2.29. The summed E-state index contributed by atoms with van der Waals surface area (Å²) in [7, 11) is 3.78. The van der Waals surface area contributed by atoms with Crippen LogP contribution in [0.5, 0.6) is 17.2 Å². The van der Waals surface area contributed by atoms with Crippen molar-refractivity contribution in [2.45, 2.75) is 25.6 Å². The van der Waals surface area contributed by atoms with Gasteiger partial charge in [-0.1, -0.05) is 12.1 Å².